The van der Waals surface area contributed by atoms with E-state index in [2.05, 4.69) is 10.6 Å². The lowest BCUT2D eigenvalue weighted by molar-refractivity contribution is -0.124. The Hall–Kier alpha value is -1.66. The number of benzene rings is 1. The summed E-state index contributed by atoms with van der Waals surface area (Å²) in [6.07, 6.45) is 1.000. The molecule has 1 aliphatic heterocycles. The van der Waals surface area contributed by atoms with Gasteiger partial charge in [-0.3, -0.25) is 14.5 Å². The van der Waals surface area contributed by atoms with E-state index in [1.165, 1.54) is 6.07 Å². The van der Waals surface area contributed by atoms with Gasteiger partial charge in [0.05, 0.1) is 6.54 Å². The van der Waals surface area contributed by atoms with Crippen LogP contribution < -0.4 is 10.6 Å². The second kappa shape index (κ2) is 8.82. The number of halogens is 2. The topological polar surface area (TPSA) is 61.4 Å². The summed E-state index contributed by atoms with van der Waals surface area (Å²) in [5.74, 6) is -1.83. The first-order chi connectivity index (χ1) is 12.9. The third-order valence-corrected chi connectivity index (χ3v) is 4.20. The maximum Gasteiger partial charge on any atom is 0.251 e. The average molecular weight is 386 g/mol. The van der Waals surface area contributed by atoms with E-state index in [0.29, 0.717) is 25.9 Å². The van der Waals surface area contributed by atoms with E-state index in [9.17, 15) is 14.0 Å². The predicted octanol–water partition coefficient (Wildman–Crippen LogP) is 2.84. The van der Waals surface area contributed by atoms with Crippen molar-refractivity contribution < 1.29 is 16.7 Å². The molecule has 1 saturated heterocycles. The number of hydrogen-bond acceptors (Lipinski definition) is 3. The van der Waals surface area contributed by atoms with Crippen LogP contribution in [0.3, 0.4) is 0 Å². The van der Waals surface area contributed by atoms with Crippen LogP contribution in [0.1, 0.15) is 46.7 Å². The van der Waals surface area contributed by atoms with Crippen molar-refractivity contribution in [3.05, 3.63) is 34.6 Å². The molecule has 1 aromatic rings. The highest BCUT2D eigenvalue weighted by Crippen LogP contribution is 2.17. The number of nitrogens with one attached hydrogen (secondary N) is 2. The minimum Gasteiger partial charge on any atom is -0.352 e. The number of amides is 2. The van der Waals surface area contributed by atoms with Gasteiger partial charge in [-0.15, -0.1) is 0 Å². The SMILES string of the molecule is [2H]C([2H])(NC(=O)c1cc(F)cc(Cl)c1)C1CCN(CC(=O)NC(C)(C)C)CC1. The van der Waals surface area contributed by atoms with Crippen LogP contribution in [0.4, 0.5) is 4.39 Å². The first-order valence-corrected chi connectivity index (χ1v) is 9.05. The molecule has 1 heterocycles. The highest BCUT2D eigenvalue weighted by molar-refractivity contribution is 6.31. The van der Waals surface area contributed by atoms with Crippen molar-refractivity contribution in [2.24, 2.45) is 5.92 Å². The van der Waals surface area contributed by atoms with E-state index in [1.807, 2.05) is 25.7 Å². The highest BCUT2D eigenvalue weighted by atomic mass is 35.5. The second-order valence-electron chi connectivity index (χ2n) is 7.61. The average Bonchev–Trinajstić information content (AvgIpc) is 2.52. The van der Waals surface area contributed by atoms with Gasteiger partial charge in [0.1, 0.15) is 5.82 Å². The molecule has 0 atom stereocenters. The number of nitrogens with zero attached hydrogens (tertiary/aromatic N) is 1. The molecule has 5 nitrogen and oxygen atoms in total. The van der Waals surface area contributed by atoms with E-state index < -0.39 is 24.1 Å². The van der Waals surface area contributed by atoms with Crippen LogP contribution in [-0.4, -0.2) is 48.4 Å². The monoisotopic (exact) mass is 385 g/mol. The molecule has 0 unspecified atom stereocenters. The van der Waals surface area contributed by atoms with Gasteiger partial charge in [0.15, 0.2) is 0 Å². The van der Waals surface area contributed by atoms with Crippen LogP contribution in [-0.2, 0) is 4.79 Å². The van der Waals surface area contributed by atoms with Crippen LogP contribution >= 0.6 is 11.6 Å². The predicted molar refractivity (Wildman–Crippen MR) is 101 cm³/mol. The van der Waals surface area contributed by atoms with Crippen molar-refractivity contribution in [1.29, 1.82) is 0 Å². The molecule has 2 rings (SSSR count). The fourth-order valence-corrected chi connectivity index (χ4v) is 3.04. The fourth-order valence-electron chi connectivity index (χ4n) is 2.82. The Labute approximate surface area is 162 Å². The standard InChI is InChI=1S/C19H27ClFN3O2/c1-19(2,3)23-17(25)12-24-6-4-13(5-7-24)11-22-18(26)14-8-15(20)10-16(21)9-14/h8-10,13H,4-7,11-12H2,1-3H3,(H,22,26)(H,23,25)/i11D2. The minimum absolute atomic E-state index is 0.0230. The summed E-state index contributed by atoms with van der Waals surface area (Å²) in [6, 6.07) is 3.40. The fraction of sp³-hybridized carbons (Fsp3) is 0.579. The number of carbonyl (C=O) groups excluding carboxylic acids is 2. The van der Waals surface area contributed by atoms with Gasteiger partial charge in [-0.2, -0.15) is 0 Å². The maximum atomic E-state index is 13.4. The molecule has 0 spiro atoms. The minimum atomic E-state index is -1.95. The van der Waals surface area contributed by atoms with Gasteiger partial charge in [0, 0.05) is 25.4 Å². The molecule has 7 heteroatoms. The smallest absolute Gasteiger partial charge is 0.251 e. The lowest BCUT2D eigenvalue weighted by Gasteiger charge is -2.32. The van der Waals surface area contributed by atoms with Gasteiger partial charge < -0.3 is 10.6 Å². The van der Waals surface area contributed by atoms with Crippen LogP contribution in [0.2, 0.25) is 5.02 Å². The van der Waals surface area contributed by atoms with Crippen LogP contribution in [0.15, 0.2) is 18.2 Å². The van der Waals surface area contributed by atoms with E-state index in [4.69, 9.17) is 14.3 Å². The van der Waals surface area contributed by atoms with Crippen molar-refractivity contribution in [2.75, 3.05) is 26.1 Å². The summed E-state index contributed by atoms with van der Waals surface area (Å²) in [5, 5.41) is 5.34. The molecule has 144 valence electrons. The molecule has 0 aromatic heterocycles. The van der Waals surface area contributed by atoms with Crippen molar-refractivity contribution in [1.82, 2.24) is 15.5 Å². The van der Waals surface area contributed by atoms with Gasteiger partial charge >= 0.3 is 0 Å². The van der Waals surface area contributed by atoms with Gasteiger partial charge in [0.25, 0.3) is 5.91 Å². The summed E-state index contributed by atoms with van der Waals surface area (Å²) in [4.78, 5) is 26.3. The zero-order valence-corrected chi connectivity index (χ0v) is 16.1. The third-order valence-electron chi connectivity index (χ3n) is 3.98. The largest absolute Gasteiger partial charge is 0.352 e. The molecular formula is C19H27ClFN3O2. The number of likely N-dealkylation sites (tertiary alicyclic amines) is 1. The molecule has 2 N–H and O–H groups in total. The zero-order chi connectivity index (χ0) is 21.1. The number of rotatable bonds is 5. The molecule has 0 bridgehead atoms. The van der Waals surface area contributed by atoms with Gasteiger partial charge in [-0.05, 0) is 70.8 Å². The maximum absolute atomic E-state index is 13.4. The van der Waals surface area contributed by atoms with E-state index in [-0.39, 0.29) is 28.6 Å². The molecule has 0 aliphatic carbocycles. The first-order valence-electron chi connectivity index (χ1n) is 9.68. The van der Waals surface area contributed by atoms with Crippen LogP contribution in [0.5, 0.6) is 0 Å². The van der Waals surface area contributed by atoms with E-state index in [1.54, 1.807) is 0 Å². The van der Waals surface area contributed by atoms with Gasteiger partial charge in [0.2, 0.25) is 5.91 Å². The Morgan fingerprint density at radius 1 is 1.31 bits per heavy atom. The Bertz CT molecular complexity index is 712. The number of piperidine rings is 1. The summed E-state index contributed by atoms with van der Waals surface area (Å²) in [5.41, 5.74) is -0.318. The molecule has 1 fully saturated rings. The molecule has 1 aliphatic rings. The first kappa shape index (κ1) is 17.7. The second-order valence-corrected chi connectivity index (χ2v) is 8.04. The Morgan fingerprint density at radius 3 is 2.54 bits per heavy atom. The summed E-state index contributed by atoms with van der Waals surface area (Å²) in [6.45, 7) is 5.18. The van der Waals surface area contributed by atoms with Crippen LogP contribution in [0, 0.1) is 11.7 Å². The normalized spacial score (nSPS) is 18.0. The molecule has 1 aromatic carbocycles. The lowest BCUT2D eigenvalue weighted by atomic mass is 9.96. The van der Waals surface area contributed by atoms with E-state index in [0.717, 1.165) is 12.1 Å². The van der Waals surface area contributed by atoms with Crippen molar-refractivity contribution >= 4 is 23.4 Å². The molecule has 2 amide bonds. The van der Waals surface area contributed by atoms with Crippen molar-refractivity contribution in [3.8, 4) is 0 Å². The third kappa shape index (κ3) is 6.92. The number of hydrogen-bond donors (Lipinski definition) is 2. The quantitative estimate of drug-likeness (QED) is 0.819. The van der Waals surface area contributed by atoms with Crippen molar-refractivity contribution in [3.63, 3.8) is 0 Å². The van der Waals surface area contributed by atoms with Gasteiger partial charge in [-0.25, -0.2) is 4.39 Å². The molecule has 0 radical (unpaired) electrons. The molecule has 26 heavy (non-hydrogen) atoms. The highest BCUT2D eigenvalue weighted by Gasteiger charge is 2.23. The van der Waals surface area contributed by atoms with Gasteiger partial charge in [-0.1, -0.05) is 11.6 Å². The van der Waals surface area contributed by atoms with E-state index >= 15 is 0 Å². The lowest BCUT2D eigenvalue weighted by Crippen LogP contribution is -2.48. The zero-order valence-electron chi connectivity index (χ0n) is 17.4. The molecule has 0 saturated carbocycles. The summed E-state index contributed by atoms with van der Waals surface area (Å²) >= 11 is 5.76. The summed E-state index contributed by atoms with van der Waals surface area (Å²) in [7, 11) is 0. The Balaban J connectivity index is 1.90. The summed E-state index contributed by atoms with van der Waals surface area (Å²) < 4.78 is 29.9. The molecular weight excluding hydrogens is 357 g/mol. The Kier molecular flexibility index (Phi) is 6.02. The van der Waals surface area contributed by atoms with Crippen LogP contribution in [0.25, 0.3) is 0 Å². The number of carbonyl (C=O) groups is 2. The Morgan fingerprint density at radius 2 is 1.96 bits per heavy atom. The van der Waals surface area contributed by atoms with Crippen molar-refractivity contribution in [2.45, 2.75) is 39.2 Å².